The molecule has 14 heteroatoms. The molecule has 1 aromatic heterocycles. The van der Waals surface area contributed by atoms with Gasteiger partial charge in [0.2, 0.25) is 11.0 Å². The van der Waals surface area contributed by atoms with Crippen molar-refractivity contribution in [2.75, 3.05) is 10.7 Å². The minimum Gasteiger partial charge on any atom is -0.406 e. The topological polar surface area (TPSA) is 97.0 Å². The summed E-state index contributed by atoms with van der Waals surface area (Å²) >= 11 is 6.71. The number of nitrogens with one attached hydrogen (secondary N) is 1. The molecule has 4 aromatic rings. The van der Waals surface area contributed by atoms with Gasteiger partial charge in [-0.25, -0.2) is 9.67 Å². The summed E-state index contributed by atoms with van der Waals surface area (Å²) in [5.74, 6) is 0.501. The monoisotopic (exact) mass is 637 g/mol. The molecular weight excluding hydrogens is 612 g/mol. The number of halogens is 3. The van der Waals surface area contributed by atoms with Crippen molar-refractivity contribution in [1.29, 1.82) is 0 Å². The highest BCUT2D eigenvalue weighted by atomic mass is 32.2. The van der Waals surface area contributed by atoms with E-state index < -0.39 is 6.36 Å². The van der Waals surface area contributed by atoms with Crippen LogP contribution in [0.5, 0.6) is 5.75 Å². The van der Waals surface area contributed by atoms with Gasteiger partial charge < -0.3 is 4.74 Å². The van der Waals surface area contributed by atoms with E-state index >= 15 is 0 Å². The number of carbonyl (C=O) groups is 1. The highest BCUT2D eigenvalue weighted by Crippen LogP contribution is 2.34. The van der Waals surface area contributed by atoms with Crippen LogP contribution in [0.2, 0.25) is 0 Å². The van der Waals surface area contributed by atoms with Crippen LogP contribution in [0.3, 0.4) is 0 Å². The van der Waals surface area contributed by atoms with E-state index in [4.69, 9.17) is 12.2 Å². The number of hydrogen-bond donors (Lipinski definition) is 1. The molecule has 226 valence electrons. The number of amidine groups is 1. The summed E-state index contributed by atoms with van der Waals surface area (Å²) in [6.45, 7) is 6.18. The maximum absolute atomic E-state index is 12.8. The number of carbonyl (C=O) groups excluding carboxylic acids is 1. The number of aliphatic imine (C=N–C) groups is 1. The lowest BCUT2D eigenvalue weighted by molar-refractivity contribution is -0.274. The number of amides is 1. The maximum Gasteiger partial charge on any atom is 0.573 e. The Morgan fingerprint density at radius 2 is 1.91 bits per heavy atom. The second-order valence-corrected chi connectivity index (χ2v) is 11.3. The zero-order valence-corrected chi connectivity index (χ0v) is 25.4. The number of benzene rings is 3. The summed E-state index contributed by atoms with van der Waals surface area (Å²) in [5, 5.41) is 9.22. The quantitative estimate of drug-likeness (QED) is 0.138. The minimum absolute atomic E-state index is 0.0637. The van der Waals surface area contributed by atoms with Crippen molar-refractivity contribution in [1.82, 2.24) is 20.2 Å². The number of thiocarbonyl (C=S) groups is 1. The molecule has 0 spiro atoms. The van der Waals surface area contributed by atoms with Gasteiger partial charge in [0, 0.05) is 5.56 Å². The third-order valence-corrected chi connectivity index (χ3v) is 7.46. The van der Waals surface area contributed by atoms with E-state index in [-0.39, 0.29) is 28.4 Å². The van der Waals surface area contributed by atoms with Crippen LogP contribution in [0.4, 0.5) is 18.9 Å². The number of nitrogens with zero attached hydrogens (tertiary/aromatic N) is 6. The van der Waals surface area contributed by atoms with Gasteiger partial charge in [-0.15, -0.1) is 18.3 Å². The number of aryl methyl sites for hydroxylation is 1. The molecular formula is C30H26F3N7O2S2. The Morgan fingerprint density at radius 3 is 2.64 bits per heavy atom. The maximum atomic E-state index is 12.8. The summed E-state index contributed by atoms with van der Waals surface area (Å²) < 4.78 is 42.6. The first kappa shape index (κ1) is 30.9. The number of ether oxygens (including phenoxy) is 1. The third-order valence-electron chi connectivity index (χ3n) is 6.35. The fraction of sp³-hybridized carbons (Fsp3) is 0.200. The van der Waals surface area contributed by atoms with Crippen molar-refractivity contribution < 1.29 is 22.7 Å². The van der Waals surface area contributed by atoms with Crippen LogP contribution >= 0.6 is 24.0 Å². The second kappa shape index (κ2) is 13.0. The van der Waals surface area contributed by atoms with Crippen molar-refractivity contribution in [3.05, 3.63) is 89.7 Å². The Balaban J connectivity index is 1.25. The molecule has 1 amide bonds. The summed E-state index contributed by atoms with van der Waals surface area (Å²) in [6, 6.07) is 18.6. The predicted molar refractivity (Wildman–Crippen MR) is 169 cm³/mol. The molecule has 0 radical (unpaired) electrons. The van der Waals surface area contributed by atoms with E-state index in [2.05, 4.69) is 50.3 Å². The number of rotatable bonds is 7. The van der Waals surface area contributed by atoms with Crippen LogP contribution in [0.1, 0.15) is 36.5 Å². The van der Waals surface area contributed by atoms with Gasteiger partial charge >= 0.3 is 6.36 Å². The molecule has 0 aliphatic carbocycles. The van der Waals surface area contributed by atoms with Crippen molar-refractivity contribution in [2.45, 2.75) is 33.1 Å². The Kier molecular flexibility index (Phi) is 9.11. The fourth-order valence-electron chi connectivity index (χ4n) is 4.37. The Morgan fingerprint density at radius 1 is 1.14 bits per heavy atom. The number of anilines is 1. The molecule has 0 atom stereocenters. The molecule has 0 saturated carbocycles. The van der Waals surface area contributed by atoms with E-state index in [0.29, 0.717) is 22.2 Å². The van der Waals surface area contributed by atoms with Gasteiger partial charge in [-0.05, 0) is 72.6 Å². The molecule has 1 aliphatic rings. The SMILES string of the molecule is Cc1ccc(N2C(=O)CS/C2=N\C(=S)N/N=C/c2cccc(-c3ncn(-c4ccc(OC(F)(F)F)cc4)n3)c2)c(C(C)C)c1. The average Bonchev–Trinajstić information content (AvgIpc) is 3.60. The number of hydrazone groups is 1. The van der Waals surface area contributed by atoms with Crippen LogP contribution < -0.4 is 15.1 Å². The second-order valence-electron chi connectivity index (χ2n) is 9.98. The molecule has 5 rings (SSSR count). The lowest BCUT2D eigenvalue weighted by Gasteiger charge is -2.22. The number of aromatic nitrogens is 3. The predicted octanol–water partition coefficient (Wildman–Crippen LogP) is 6.61. The van der Waals surface area contributed by atoms with Gasteiger partial charge in [-0.1, -0.05) is 61.5 Å². The zero-order chi connectivity index (χ0) is 31.4. The van der Waals surface area contributed by atoms with Gasteiger partial charge in [-0.3, -0.25) is 15.1 Å². The van der Waals surface area contributed by atoms with Gasteiger partial charge in [0.05, 0.1) is 23.3 Å². The minimum atomic E-state index is -4.76. The smallest absolute Gasteiger partial charge is 0.406 e. The summed E-state index contributed by atoms with van der Waals surface area (Å²) in [6.07, 6.45) is -1.74. The lowest BCUT2D eigenvalue weighted by atomic mass is 9.98. The van der Waals surface area contributed by atoms with Gasteiger partial charge in [0.1, 0.15) is 12.1 Å². The molecule has 1 aliphatic heterocycles. The van der Waals surface area contributed by atoms with Crippen molar-refractivity contribution >= 4 is 52.1 Å². The third kappa shape index (κ3) is 7.50. The molecule has 1 fully saturated rings. The van der Waals surface area contributed by atoms with Crippen molar-refractivity contribution in [3.63, 3.8) is 0 Å². The molecule has 1 N–H and O–H groups in total. The van der Waals surface area contributed by atoms with Crippen LogP contribution in [-0.4, -0.2) is 49.3 Å². The van der Waals surface area contributed by atoms with Gasteiger partial charge in [0.25, 0.3) is 0 Å². The first-order valence-corrected chi connectivity index (χ1v) is 14.7. The van der Waals surface area contributed by atoms with Gasteiger partial charge in [-0.2, -0.15) is 10.1 Å². The van der Waals surface area contributed by atoms with E-state index in [1.165, 1.54) is 47.0 Å². The van der Waals surface area contributed by atoms with E-state index in [1.807, 2.05) is 43.3 Å². The first-order valence-electron chi connectivity index (χ1n) is 13.3. The number of hydrogen-bond acceptors (Lipinski definition) is 7. The normalized spacial score (nSPS) is 14.7. The number of thioether (sulfide) groups is 1. The molecule has 2 heterocycles. The fourth-order valence-corrected chi connectivity index (χ4v) is 5.44. The lowest BCUT2D eigenvalue weighted by Crippen LogP contribution is -2.31. The molecule has 0 unspecified atom stereocenters. The molecule has 9 nitrogen and oxygen atoms in total. The zero-order valence-electron chi connectivity index (χ0n) is 23.7. The molecule has 1 saturated heterocycles. The van der Waals surface area contributed by atoms with Crippen molar-refractivity contribution in [2.24, 2.45) is 10.1 Å². The van der Waals surface area contributed by atoms with Crippen LogP contribution in [0, 0.1) is 6.92 Å². The molecule has 0 bridgehead atoms. The molecule has 44 heavy (non-hydrogen) atoms. The number of alkyl halides is 3. The Hall–Kier alpha value is -4.56. The molecule has 3 aromatic carbocycles. The summed E-state index contributed by atoms with van der Waals surface area (Å²) in [4.78, 5) is 23.2. The van der Waals surface area contributed by atoms with Crippen LogP contribution in [0.25, 0.3) is 17.1 Å². The summed E-state index contributed by atoms with van der Waals surface area (Å²) in [7, 11) is 0. The van der Waals surface area contributed by atoms with Gasteiger partial charge in [0.15, 0.2) is 11.0 Å². The van der Waals surface area contributed by atoms with Crippen molar-refractivity contribution in [3.8, 4) is 22.8 Å². The highest BCUT2D eigenvalue weighted by Gasteiger charge is 2.32. The van der Waals surface area contributed by atoms with E-state index in [9.17, 15) is 18.0 Å². The summed E-state index contributed by atoms with van der Waals surface area (Å²) in [5.41, 5.74) is 7.64. The van der Waals surface area contributed by atoms with Crippen LogP contribution in [-0.2, 0) is 4.79 Å². The van der Waals surface area contributed by atoms with E-state index in [0.717, 1.165) is 22.4 Å². The average molecular weight is 638 g/mol. The van der Waals surface area contributed by atoms with E-state index in [1.54, 1.807) is 11.1 Å². The first-order chi connectivity index (χ1) is 21.0. The highest BCUT2D eigenvalue weighted by molar-refractivity contribution is 8.15. The standard InChI is InChI=1S/C30H26F3N7O2S2/c1-18(2)24-13-19(3)7-12-25(24)40-26(41)16-44-29(40)36-28(43)37-35-15-20-5-4-6-21(14-20)27-34-17-39(38-27)22-8-10-23(11-9-22)42-30(31,32)33/h4-15,17-18H,16H2,1-3H3,(H,37,43)/b35-15+,36-29-. The Labute approximate surface area is 260 Å². The largest absolute Gasteiger partial charge is 0.573 e. The Bertz CT molecular complexity index is 1750. The van der Waals surface area contributed by atoms with Crippen LogP contribution in [0.15, 0.2) is 83.2 Å².